The molecule has 0 saturated carbocycles. The summed E-state index contributed by atoms with van der Waals surface area (Å²) < 4.78 is -0.152. The number of alkyl halides is 2. The molecule has 8 heteroatoms. The molecule has 0 amide bonds. The predicted molar refractivity (Wildman–Crippen MR) is 93.6 cm³/mol. The zero-order chi connectivity index (χ0) is 15.9. The highest BCUT2D eigenvalue weighted by molar-refractivity contribution is 9.25. The normalized spacial score (nSPS) is 11.6. The summed E-state index contributed by atoms with van der Waals surface area (Å²) in [7, 11) is 0. The topological polar surface area (TPSA) is 80.9 Å². The van der Waals surface area contributed by atoms with Crippen LogP contribution in [0.15, 0.2) is 33.2 Å². The number of hydrogen-bond donors (Lipinski definition) is 4. The molecule has 4 nitrogen and oxygen atoms in total. The van der Waals surface area contributed by atoms with E-state index < -0.39 is 3.23 Å². The number of rotatable bonds is 2. The first-order valence-electron chi connectivity index (χ1n) is 5.47. The molecule has 2 aromatic rings. The lowest BCUT2D eigenvalue weighted by atomic mass is 10.0. The van der Waals surface area contributed by atoms with Crippen LogP contribution in [0.4, 0.5) is 0 Å². The van der Waals surface area contributed by atoms with Crippen LogP contribution in [0.5, 0.6) is 23.0 Å². The lowest BCUT2D eigenvalue weighted by molar-refractivity contribution is 0.400. The third-order valence-corrected chi connectivity index (χ3v) is 6.73. The fourth-order valence-electron chi connectivity index (χ4n) is 1.71. The molecule has 0 aromatic heterocycles. The molecule has 21 heavy (non-hydrogen) atoms. The van der Waals surface area contributed by atoms with E-state index >= 15 is 0 Å². The molecule has 0 unspecified atom stereocenters. The molecule has 112 valence electrons. The standard InChI is InChI=1S/C13H8Br4O4/c14-10-6(4-9(20)12(21)11(10)15)13(16,17)5-1-2-7(18)8(19)3-5/h1-4,18-21H. The Hall–Kier alpha value is -0.440. The minimum absolute atomic E-state index is 0.233. The number of aromatic hydroxyl groups is 4. The summed E-state index contributed by atoms with van der Waals surface area (Å²) in [5.41, 5.74) is 1.13. The van der Waals surface area contributed by atoms with Crippen molar-refractivity contribution in [2.45, 2.75) is 3.23 Å². The fraction of sp³-hybridized carbons (Fsp3) is 0.0769. The van der Waals surface area contributed by atoms with Crippen LogP contribution >= 0.6 is 63.7 Å². The van der Waals surface area contributed by atoms with Gasteiger partial charge in [-0.2, -0.15) is 0 Å². The fourth-order valence-corrected chi connectivity index (χ4v) is 4.37. The van der Waals surface area contributed by atoms with E-state index in [0.717, 1.165) is 0 Å². The van der Waals surface area contributed by atoms with Gasteiger partial charge in [-0.05, 0) is 55.6 Å². The van der Waals surface area contributed by atoms with Crippen molar-refractivity contribution in [1.82, 2.24) is 0 Å². The molecule has 0 spiro atoms. The Morgan fingerprint density at radius 1 is 0.762 bits per heavy atom. The first-order valence-corrected chi connectivity index (χ1v) is 8.64. The average molecular weight is 548 g/mol. The van der Waals surface area contributed by atoms with Gasteiger partial charge in [0.1, 0.15) is 3.23 Å². The van der Waals surface area contributed by atoms with Gasteiger partial charge < -0.3 is 20.4 Å². The maximum Gasteiger partial charge on any atom is 0.173 e. The molecule has 0 heterocycles. The largest absolute Gasteiger partial charge is 0.504 e. The van der Waals surface area contributed by atoms with Crippen molar-refractivity contribution in [3.05, 3.63) is 44.3 Å². The Labute approximate surface area is 154 Å². The summed E-state index contributed by atoms with van der Waals surface area (Å²) in [6.07, 6.45) is 0. The van der Waals surface area contributed by atoms with E-state index in [9.17, 15) is 20.4 Å². The highest BCUT2D eigenvalue weighted by Gasteiger charge is 2.33. The Kier molecular flexibility index (Phi) is 4.82. The van der Waals surface area contributed by atoms with Crippen molar-refractivity contribution in [3.8, 4) is 23.0 Å². The maximum atomic E-state index is 9.78. The van der Waals surface area contributed by atoms with E-state index in [2.05, 4.69) is 63.7 Å². The second kappa shape index (κ2) is 5.98. The highest BCUT2D eigenvalue weighted by atomic mass is 79.9. The van der Waals surface area contributed by atoms with E-state index in [4.69, 9.17) is 0 Å². The predicted octanol–water partition coefficient (Wildman–Crippen LogP) is 5.02. The van der Waals surface area contributed by atoms with Gasteiger partial charge >= 0.3 is 0 Å². The number of halogens is 4. The van der Waals surface area contributed by atoms with Gasteiger partial charge in [0.15, 0.2) is 23.0 Å². The summed E-state index contributed by atoms with van der Waals surface area (Å²) in [6, 6.07) is 5.70. The van der Waals surface area contributed by atoms with E-state index in [-0.39, 0.29) is 23.0 Å². The van der Waals surface area contributed by atoms with Crippen LogP contribution in [0.2, 0.25) is 0 Å². The SMILES string of the molecule is Oc1ccc(C(Br)(Br)c2cc(O)c(O)c(Br)c2Br)cc1O. The molecule has 0 saturated heterocycles. The third kappa shape index (κ3) is 3.04. The molecule has 0 aliphatic rings. The van der Waals surface area contributed by atoms with E-state index in [0.29, 0.717) is 20.1 Å². The number of phenolic OH excluding ortho intramolecular Hbond substituents is 4. The smallest absolute Gasteiger partial charge is 0.173 e. The van der Waals surface area contributed by atoms with Gasteiger partial charge in [0.05, 0.1) is 4.47 Å². The second-order valence-corrected chi connectivity index (χ2v) is 9.23. The Morgan fingerprint density at radius 2 is 1.38 bits per heavy atom. The zero-order valence-electron chi connectivity index (χ0n) is 10.1. The van der Waals surface area contributed by atoms with Crippen molar-refractivity contribution in [3.63, 3.8) is 0 Å². The molecule has 2 aromatic carbocycles. The Balaban J connectivity index is 2.66. The second-order valence-electron chi connectivity index (χ2n) is 4.20. The van der Waals surface area contributed by atoms with Gasteiger partial charge in [-0.1, -0.05) is 37.9 Å². The van der Waals surface area contributed by atoms with Gasteiger partial charge in [-0.25, -0.2) is 0 Å². The quantitative estimate of drug-likeness (QED) is 0.314. The minimum atomic E-state index is -0.961. The van der Waals surface area contributed by atoms with E-state index in [1.165, 1.54) is 18.2 Å². The van der Waals surface area contributed by atoms with Crippen LogP contribution in [0.3, 0.4) is 0 Å². The molecule has 2 rings (SSSR count). The molecule has 0 atom stereocenters. The molecule has 0 fully saturated rings. The summed E-state index contributed by atoms with van der Waals surface area (Å²) >= 11 is 13.5. The number of benzene rings is 2. The first kappa shape index (κ1) is 16.9. The molecule has 0 radical (unpaired) electrons. The van der Waals surface area contributed by atoms with Crippen LogP contribution in [-0.2, 0) is 3.23 Å². The van der Waals surface area contributed by atoms with Crippen molar-refractivity contribution in [1.29, 1.82) is 0 Å². The van der Waals surface area contributed by atoms with Gasteiger partial charge in [0.2, 0.25) is 0 Å². The lowest BCUT2D eigenvalue weighted by Gasteiger charge is -2.24. The third-order valence-electron chi connectivity index (χ3n) is 2.84. The van der Waals surface area contributed by atoms with Crippen LogP contribution in [0.1, 0.15) is 11.1 Å². The molecular formula is C13H8Br4O4. The van der Waals surface area contributed by atoms with Crippen molar-refractivity contribution < 1.29 is 20.4 Å². The van der Waals surface area contributed by atoms with Crippen LogP contribution in [0.25, 0.3) is 0 Å². The first-order chi connectivity index (χ1) is 9.66. The average Bonchev–Trinajstić information content (AvgIpc) is 2.43. The van der Waals surface area contributed by atoms with Gasteiger partial charge in [-0.15, -0.1) is 0 Å². The molecule has 0 aliphatic carbocycles. The summed E-state index contributed by atoms with van der Waals surface area (Å²) in [4.78, 5) is 0. The highest BCUT2D eigenvalue weighted by Crippen LogP contribution is 2.53. The van der Waals surface area contributed by atoms with E-state index in [1.807, 2.05) is 0 Å². The van der Waals surface area contributed by atoms with Crippen molar-refractivity contribution >= 4 is 63.7 Å². The van der Waals surface area contributed by atoms with Gasteiger partial charge in [-0.3, -0.25) is 0 Å². The van der Waals surface area contributed by atoms with E-state index in [1.54, 1.807) is 6.07 Å². The van der Waals surface area contributed by atoms with Crippen LogP contribution < -0.4 is 0 Å². The molecule has 0 bridgehead atoms. The van der Waals surface area contributed by atoms with Gasteiger partial charge in [0, 0.05) is 10.0 Å². The van der Waals surface area contributed by atoms with Crippen LogP contribution in [-0.4, -0.2) is 20.4 Å². The molecule has 4 N–H and O–H groups in total. The molecular weight excluding hydrogens is 540 g/mol. The van der Waals surface area contributed by atoms with Crippen LogP contribution in [0, 0.1) is 0 Å². The number of phenols is 4. The monoisotopic (exact) mass is 544 g/mol. The lowest BCUT2D eigenvalue weighted by Crippen LogP contribution is -2.12. The molecule has 0 aliphatic heterocycles. The summed E-state index contributed by atoms with van der Waals surface area (Å²) in [5, 5.41) is 38.5. The van der Waals surface area contributed by atoms with Crippen molar-refractivity contribution in [2.75, 3.05) is 0 Å². The minimum Gasteiger partial charge on any atom is -0.504 e. The Morgan fingerprint density at radius 3 is 1.95 bits per heavy atom. The van der Waals surface area contributed by atoms with Gasteiger partial charge in [0.25, 0.3) is 0 Å². The maximum absolute atomic E-state index is 9.78. The summed E-state index contributed by atoms with van der Waals surface area (Å²) in [6.45, 7) is 0. The number of hydrogen-bond acceptors (Lipinski definition) is 4. The Bertz CT molecular complexity index is 716. The summed E-state index contributed by atoms with van der Waals surface area (Å²) in [5.74, 6) is -1.08. The zero-order valence-corrected chi connectivity index (χ0v) is 16.5. The van der Waals surface area contributed by atoms with Crippen molar-refractivity contribution in [2.24, 2.45) is 0 Å².